The van der Waals surface area contributed by atoms with Gasteiger partial charge in [0, 0.05) is 47.8 Å². The number of hydrogen-bond acceptors (Lipinski definition) is 7. The molecule has 0 saturated carbocycles. The first-order valence-electron chi connectivity index (χ1n) is 11.2. The molecular weight excluding hydrogens is 407 g/mol. The summed E-state index contributed by atoms with van der Waals surface area (Å²) in [6.45, 7) is 1.93. The molecule has 2 saturated heterocycles. The van der Waals surface area contributed by atoms with Crippen LogP contribution in [0.25, 0.3) is 10.9 Å². The van der Waals surface area contributed by atoms with Gasteiger partial charge in [-0.1, -0.05) is 0 Å². The molecule has 1 aromatic carbocycles. The lowest BCUT2D eigenvalue weighted by Gasteiger charge is -2.43. The minimum atomic E-state index is -0.330. The van der Waals surface area contributed by atoms with Crippen molar-refractivity contribution < 1.29 is 4.39 Å². The van der Waals surface area contributed by atoms with Gasteiger partial charge in [-0.15, -0.1) is 0 Å². The molecule has 9 heteroatoms. The van der Waals surface area contributed by atoms with Crippen LogP contribution >= 0.6 is 0 Å². The van der Waals surface area contributed by atoms with Crippen molar-refractivity contribution in [3.8, 4) is 6.07 Å². The Morgan fingerprint density at radius 1 is 1.16 bits per heavy atom. The molecule has 0 radical (unpaired) electrons. The Kier molecular flexibility index (Phi) is 5.62. The molecular formula is C23H27FN8. The maximum atomic E-state index is 13.9. The third kappa shape index (κ3) is 4.50. The molecule has 2 aromatic heterocycles. The fraction of sp³-hybridized carbons (Fsp3) is 0.478. The smallest absolute Gasteiger partial charge is 0.225 e. The van der Waals surface area contributed by atoms with Crippen LogP contribution in [0.1, 0.15) is 44.2 Å². The molecule has 4 N–H and O–H groups in total. The van der Waals surface area contributed by atoms with E-state index < -0.39 is 0 Å². The lowest BCUT2D eigenvalue weighted by molar-refractivity contribution is 0.171. The van der Waals surface area contributed by atoms with Crippen LogP contribution in [-0.4, -0.2) is 38.3 Å². The van der Waals surface area contributed by atoms with Gasteiger partial charge in [-0.3, -0.25) is 5.10 Å². The third-order valence-corrected chi connectivity index (χ3v) is 6.45. The van der Waals surface area contributed by atoms with Gasteiger partial charge in [-0.25, -0.2) is 9.37 Å². The summed E-state index contributed by atoms with van der Waals surface area (Å²) in [5.41, 5.74) is 1.48. The Morgan fingerprint density at radius 2 is 1.97 bits per heavy atom. The SMILES string of the molecule is Cc1cc(Nc2nc(N[C@@H]3C[C@H]4CC(CCC#N)C[C@@H](C3)N4)nc3cc(F)ccc23)n[nH]1. The van der Waals surface area contributed by atoms with Crippen LogP contribution in [0.2, 0.25) is 0 Å². The second-order valence-corrected chi connectivity index (χ2v) is 9.03. The second-order valence-electron chi connectivity index (χ2n) is 9.03. The molecule has 4 atom stereocenters. The van der Waals surface area contributed by atoms with E-state index >= 15 is 0 Å². The number of benzene rings is 1. The minimum absolute atomic E-state index is 0.245. The summed E-state index contributed by atoms with van der Waals surface area (Å²) in [6.07, 6.45) is 5.79. The number of rotatable bonds is 6. The maximum Gasteiger partial charge on any atom is 0.225 e. The fourth-order valence-electron chi connectivity index (χ4n) is 5.15. The number of nitrogens with zero attached hydrogens (tertiary/aromatic N) is 4. The summed E-state index contributed by atoms with van der Waals surface area (Å²) in [7, 11) is 0. The monoisotopic (exact) mass is 434 g/mol. The first-order valence-corrected chi connectivity index (χ1v) is 11.2. The molecule has 2 bridgehead atoms. The van der Waals surface area contributed by atoms with Gasteiger partial charge in [0.05, 0.1) is 11.6 Å². The summed E-state index contributed by atoms with van der Waals surface area (Å²) in [5.74, 6) is 2.03. The molecule has 0 spiro atoms. The standard InChI is InChI=1S/C23H27FN8/c1-13-7-21(32-31-13)29-22-19-5-4-15(24)10-20(19)28-23(30-22)27-18-11-16-8-14(3-2-6-25)9-17(12-18)26-16/h4-5,7,10,14,16-18,26H,2-3,8-9,11-12H2,1H3,(H3,27,28,29,30,31,32)/t14?,16-,17+,18-. The largest absolute Gasteiger partial charge is 0.351 e. The highest BCUT2D eigenvalue weighted by molar-refractivity contribution is 5.91. The number of aromatic nitrogens is 4. The van der Waals surface area contributed by atoms with E-state index in [0.29, 0.717) is 47.5 Å². The summed E-state index contributed by atoms with van der Waals surface area (Å²) in [4.78, 5) is 9.31. The average molecular weight is 435 g/mol. The maximum absolute atomic E-state index is 13.9. The molecule has 0 aliphatic carbocycles. The van der Waals surface area contributed by atoms with Gasteiger partial charge in [0.1, 0.15) is 11.6 Å². The van der Waals surface area contributed by atoms with Gasteiger partial charge in [0.25, 0.3) is 0 Å². The van der Waals surface area contributed by atoms with Crippen molar-refractivity contribution in [2.75, 3.05) is 10.6 Å². The van der Waals surface area contributed by atoms with E-state index in [2.05, 4.69) is 37.2 Å². The molecule has 166 valence electrons. The Morgan fingerprint density at radius 3 is 2.69 bits per heavy atom. The van der Waals surface area contributed by atoms with Crippen LogP contribution in [0, 0.1) is 30.0 Å². The number of aromatic amines is 1. The summed E-state index contributed by atoms with van der Waals surface area (Å²) in [6, 6.07) is 9.82. The first kappa shape index (κ1) is 20.6. The predicted molar refractivity (Wildman–Crippen MR) is 121 cm³/mol. The van der Waals surface area contributed by atoms with Crippen molar-refractivity contribution in [2.45, 2.75) is 63.6 Å². The van der Waals surface area contributed by atoms with Gasteiger partial charge in [-0.05, 0) is 57.1 Å². The van der Waals surface area contributed by atoms with Crippen LogP contribution in [-0.2, 0) is 0 Å². The molecule has 5 rings (SSSR count). The quantitative estimate of drug-likeness (QED) is 0.461. The number of hydrogen-bond donors (Lipinski definition) is 4. The Hall–Kier alpha value is -3.25. The number of nitrogens with one attached hydrogen (secondary N) is 4. The Bertz CT molecular complexity index is 1140. The number of anilines is 3. The summed E-state index contributed by atoms with van der Waals surface area (Å²) in [5, 5.41) is 27.2. The van der Waals surface area contributed by atoms with Crippen molar-refractivity contribution >= 4 is 28.5 Å². The molecule has 2 aliphatic rings. The number of fused-ring (bicyclic) bond motifs is 3. The molecule has 3 aromatic rings. The van der Waals surface area contributed by atoms with Gasteiger partial charge in [0.2, 0.25) is 5.95 Å². The van der Waals surface area contributed by atoms with Crippen molar-refractivity contribution in [2.24, 2.45) is 5.92 Å². The highest BCUT2D eigenvalue weighted by Crippen LogP contribution is 2.34. The average Bonchev–Trinajstić information content (AvgIpc) is 3.16. The lowest BCUT2D eigenvalue weighted by Crippen LogP contribution is -2.54. The number of halogens is 1. The third-order valence-electron chi connectivity index (χ3n) is 6.45. The summed E-state index contributed by atoms with van der Waals surface area (Å²) >= 11 is 0. The highest BCUT2D eigenvalue weighted by Gasteiger charge is 2.35. The molecule has 8 nitrogen and oxygen atoms in total. The van der Waals surface area contributed by atoms with Crippen LogP contribution in [0.3, 0.4) is 0 Å². The molecule has 0 amide bonds. The van der Waals surface area contributed by atoms with E-state index in [1.165, 1.54) is 12.1 Å². The number of H-pyrrole nitrogens is 1. The Labute approximate surface area is 186 Å². The zero-order chi connectivity index (χ0) is 22.1. The van der Waals surface area contributed by atoms with Crippen molar-refractivity contribution in [1.29, 1.82) is 5.26 Å². The van der Waals surface area contributed by atoms with E-state index in [1.807, 2.05) is 13.0 Å². The summed E-state index contributed by atoms with van der Waals surface area (Å²) < 4.78 is 13.9. The Balaban J connectivity index is 1.36. The van der Waals surface area contributed by atoms with Gasteiger partial charge in [-0.2, -0.15) is 15.3 Å². The number of aryl methyl sites for hydroxylation is 1. The molecule has 1 unspecified atom stereocenters. The van der Waals surface area contributed by atoms with Crippen molar-refractivity contribution in [1.82, 2.24) is 25.5 Å². The van der Waals surface area contributed by atoms with E-state index in [9.17, 15) is 4.39 Å². The molecule has 2 fully saturated rings. The van der Waals surface area contributed by atoms with E-state index in [-0.39, 0.29) is 11.9 Å². The normalized spacial score (nSPS) is 24.8. The van der Waals surface area contributed by atoms with Gasteiger partial charge in [0.15, 0.2) is 5.82 Å². The van der Waals surface area contributed by atoms with Crippen LogP contribution in [0.4, 0.5) is 22.0 Å². The van der Waals surface area contributed by atoms with Crippen LogP contribution in [0.5, 0.6) is 0 Å². The molecule has 4 heterocycles. The molecule has 32 heavy (non-hydrogen) atoms. The number of nitriles is 1. The van der Waals surface area contributed by atoms with Gasteiger partial charge >= 0.3 is 0 Å². The highest BCUT2D eigenvalue weighted by atomic mass is 19.1. The van der Waals surface area contributed by atoms with E-state index in [1.54, 1.807) is 6.07 Å². The predicted octanol–water partition coefficient (Wildman–Crippen LogP) is 4.16. The van der Waals surface area contributed by atoms with Crippen molar-refractivity contribution in [3.05, 3.63) is 35.8 Å². The zero-order valence-corrected chi connectivity index (χ0v) is 18.0. The van der Waals surface area contributed by atoms with Gasteiger partial charge < -0.3 is 16.0 Å². The number of piperidine rings is 2. The van der Waals surface area contributed by atoms with E-state index in [4.69, 9.17) is 10.2 Å². The zero-order valence-electron chi connectivity index (χ0n) is 18.0. The van der Waals surface area contributed by atoms with Crippen molar-refractivity contribution in [3.63, 3.8) is 0 Å². The first-order chi connectivity index (χ1) is 15.6. The minimum Gasteiger partial charge on any atom is -0.351 e. The van der Waals surface area contributed by atoms with Crippen LogP contribution < -0.4 is 16.0 Å². The van der Waals surface area contributed by atoms with Crippen LogP contribution in [0.15, 0.2) is 24.3 Å². The molecule has 2 aliphatic heterocycles. The fourth-order valence-corrected chi connectivity index (χ4v) is 5.15. The second kappa shape index (κ2) is 8.71. The van der Waals surface area contributed by atoms with E-state index in [0.717, 1.165) is 43.2 Å². The lowest BCUT2D eigenvalue weighted by atomic mass is 9.77. The topological polar surface area (TPSA) is 114 Å².